The van der Waals surface area contributed by atoms with E-state index in [-0.39, 0.29) is 11.8 Å². The van der Waals surface area contributed by atoms with Crippen LogP contribution in [0.5, 0.6) is 0 Å². The van der Waals surface area contributed by atoms with Crippen LogP contribution in [0.1, 0.15) is 16.5 Å². The molecule has 0 unspecified atom stereocenters. The molecule has 0 aliphatic heterocycles. The Balaban J connectivity index is 1.57. The molecular weight excluding hydrogens is 346 g/mol. The highest BCUT2D eigenvalue weighted by Crippen LogP contribution is 2.19. The van der Waals surface area contributed by atoms with E-state index < -0.39 is 5.91 Å². The van der Waals surface area contributed by atoms with Crippen molar-refractivity contribution in [2.75, 3.05) is 5.32 Å². The molecule has 1 amide bonds. The van der Waals surface area contributed by atoms with Crippen LogP contribution in [0.25, 0.3) is 22.8 Å². The Labute approximate surface area is 153 Å². The van der Waals surface area contributed by atoms with Crippen molar-refractivity contribution in [3.8, 4) is 22.8 Å². The molecule has 0 saturated heterocycles. The summed E-state index contributed by atoms with van der Waals surface area (Å²) >= 11 is 0. The van der Waals surface area contributed by atoms with Gasteiger partial charge in [-0.3, -0.25) is 20.1 Å². The molecule has 0 aromatic carbocycles. The van der Waals surface area contributed by atoms with E-state index in [1.54, 1.807) is 43.7 Å². The number of oxazole rings is 1. The Morgan fingerprint density at radius 1 is 1.00 bits per heavy atom. The van der Waals surface area contributed by atoms with Crippen LogP contribution in [-0.2, 0) is 0 Å². The summed E-state index contributed by atoms with van der Waals surface area (Å²) in [5, 5.41) is 2.57. The number of carbonyl (C=O) groups excluding carboxylic acids is 1. The molecule has 0 aliphatic rings. The number of aryl methyl sites for hydroxylation is 1. The van der Waals surface area contributed by atoms with Crippen molar-refractivity contribution in [2.24, 2.45) is 0 Å². The predicted octanol–water partition coefficient (Wildman–Crippen LogP) is 2.54. The highest BCUT2D eigenvalue weighted by molar-refractivity contribution is 6.00. The zero-order valence-electron chi connectivity index (χ0n) is 14.2. The normalized spacial score (nSPS) is 10.6. The molecule has 132 valence electrons. The summed E-state index contributed by atoms with van der Waals surface area (Å²) in [7, 11) is 0. The Morgan fingerprint density at radius 2 is 1.93 bits per heavy atom. The first-order chi connectivity index (χ1) is 13.2. The second-order valence-electron chi connectivity index (χ2n) is 5.47. The van der Waals surface area contributed by atoms with E-state index in [4.69, 9.17) is 4.42 Å². The van der Waals surface area contributed by atoms with Crippen molar-refractivity contribution in [3.63, 3.8) is 0 Å². The maximum atomic E-state index is 12.4. The molecule has 9 nitrogen and oxygen atoms in total. The Hall–Kier alpha value is -4.01. The van der Waals surface area contributed by atoms with Crippen molar-refractivity contribution in [1.29, 1.82) is 0 Å². The first-order valence-electron chi connectivity index (χ1n) is 8.01. The molecule has 0 saturated carbocycles. The maximum Gasteiger partial charge on any atom is 0.313 e. The van der Waals surface area contributed by atoms with Gasteiger partial charge in [0.2, 0.25) is 5.95 Å². The molecule has 4 aromatic rings. The van der Waals surface area contributed by atoms with E-state index >= 15 is 0 Å². The Kier molecular flexibility index (Phi) is 4.32. The van der Waals surface area contributed by atoms with Crippen LogP contribution >= 0.6 is 0 Å². The minimum atomic E-state index is -0.567. The number of amides is 1. The third-order valence-electron chi connectivity index (χ3n) is 3.51. The Morgan fingerprint density at radius 3 is 2.70 bits per heavy atom. The van der Waals surface area contributed by atoms with Crippen LogP contribution in [0.15, 0.2) is 59.5 Å². The van der Waals surface area contributed by atoms with Gasteiger partial charge in [0.1, 0.15) is 11.5 Å². The van der Waals surface area contributed by atoms with Gasteiger partial charge in [-0.15, -0.1) is 0 Å². The summed E-state index contributed by atoms with van der Waals surface area (Å²) in [6.45, 7) is 1.70. The summed E-state index contributed by atoms with van der Waals surface area (Å²) in [5.41, 5.74) is 1.30. The molecule has 4 aromatic heterocycles. The number of nitrogens with zero attached hydrogens (tertiary/aromatic N) is 6. The smallest absolute Gasteiger partial charge is 0.313 e. The molecule has 4 rings (SSSR count). The molecule has 0 bridgehead atoms. The molecule has 0 radical (unpaired) electrons. The Bertz CT molecular complexity index is 1080. The first kappa shape index (κ1) is 16.5. The van der Waals surface area contributed by atoms with Gasteiger partial charge in [-0.05, 0) is 31.2 Å². The van der Waals surface area contributed by atoms with E-state index in [9.17, 15) is 4.79 Å². The number of anilines is 1. The van der Waals surface area contributed by atoms with Gasteiger partial charge in [-0.1, -0.05) is 6.07 Å². The lowest BCUT2D eigenvalue weighted by atomic mass is 10.2. The fourth-order valence-corrected chi connectivity index (χ4v) is 2.32. The van der Waals surface area contributed by atoms with Gasteiger partial charge in [-0.2, -0.15) is 9.97 Å². The topological polar surface area (TPSA) is 120 Å². The number of hydrogen-bond donors (Lipinski definition) is 1. The minimum Gasteiger partial charge on any atom is -0.432 e. The lowest BCUT2D eigenvalue weighted by molar-refractivity contribution is 0.0990. The van der Waals surface area contributed by atoms with Gasteiger partial charge < -0.3 is 4.42 Å². The average molecular weight is 359 g/mol. The number of hydrogen-bond acceptors (Lipinski definition) is 8. The standard InChI is InChI=1S/C18H13N7O2/c1-11-22-15(13-6-2-3-8-20-13)24-18(23-11)25-16(26)17-21-10-14(27-17)12-5-4-7-19-9-12/h2-10H,1H3,(H,22,23,24,25,26). The molecule has 0 spiro atoms. The quantitative estimate of drug-likeness (QED) is 0.590. The van der Waals surface area contributed by atoms with E-state index in [0.29, 0.717) is 23.1 Å². The molecule has 1 N–H and O–H groups in total. The van der Waals surface area contributed by atoms with Crippen molar-refractivity contribution < 1.29 is 9.21 Å². The van der Waals surface area contributed by atoms with Crippen LogP contribution in [0.4, 0.5) is 5.95 Å². The van der Waals surface area contributed by atoms with Gasteiger partial charge >= 0.3 is 5.91 Å². The highest BCUT2D eigenvalue weighted by atomic mass is 16.4. The van der Waals surface area contributed by atoms with Gasteiger partial charge in [0, 0.05) is 24.2 Å². The molecule has 27 heavy (non-hydrogen) atoms. The van der Waals surface area contributed by atoms with Crippen molar-refractivity contribution in [1.82, 2.24) is 29.9 Å². The zero-order valence-corrected chi connectivity index (χ0v) is 14.2. The minimum absolute atomic E-state index is 0.0919. The van der Waals surface area contributed by atoms with Crippen LogP contribution in [0.3, 0.4) is 0 Å². The van der Waals surface area contributed by atoms with Crippen molar-refractivity contribution in [2.45, 2.75) is 6.92 Å². The third kappa shape index (κ3) is 3.66. The van der Waals surface area contributed by atoms with Gasteiger partial charge in [0.05, 0.1) is 6.20 Å². The summed E-state index contributed by atoms with van der Waals surface area (Å²) in [4.78, 5) is 37.2. The SMILES string of the molecule is Cc1nc(NC(=O)c2ncc(-c3cccnc3)o2)nc(-c2ccccn2)n1. The third-order valence-corrected chi connectivity index (χ3v) is 3.51. The molecule has 0 aliphatic carbocycles. The average Bonchev–Trinajstić information content (AvgIpc) is 3.19. The van der Waals surface area contributed by atoms with Crippen molar-refractivity contribution >= 4 is 11.9 Å². The summed E-state index contributed by atoms with van der Waals surface area (Å²) in [6, 6.07) is 8.97. The fraction of sp³-hybridized carbons (Fsp3) is 0.0556. The number of nitrogens with one attached hydrogen (secondary N) is 1. The summed E-state index contributed by atoms with van der Waals surface area (Å²) < 4.78 is 5.50. The van der Waals surface area contributed by atoms with Gasteiger partial charge in [0.25, 0.3) is 5.89 Å². The number of carbonyl (C=O) groups is 1. The molecule has 0 fully saturated rings. The van der Waals surface area contributed by atoms with E-state index in [1.807, 2.05) is 12.1 Å². The lowest BCUT2D eigenvalue weighted by Gasteiger charge is -2.05. The largest absolute Gasteiger partial charge is 0.432 e. The van der Waals surface area contributed by atoms with E-state index in [1.165, 1.54) is 6.20 Å². The van der Waals surface area contributed by atoms with Gasteiger partial charge in [0.15, 0.2) is 11.6 Å². The van der Waals surface area contributed by atoms with Crippen LogP contribution < -0.4 is 5.32 Å². The van der Waals surface area contributed by atoms with Crippen LogP contribution in [0.2, 0.25) is 0 Å². The summed E-state index contributed by atoms with van der Waals surface area (Å²) in [6.07, 6.45) is 6.37. The second kappa shape index (κ2) is 7.08. The van der Waals surface area contributed by atoms with Crippen LogP contribution in [0, 0.1) is 6.92 Å². The first-order valence-corrected chi connectivity index (χ1v) is 8.01. The van der Waals surface area contributed by atoms with E-state index in [0.717, 1.165) is 5.56 Å². The predicted molar refractivity (Wildman–Crippen MR) is 95.5 cm³/mol. The highest BCUT2D eigenvalue weighted by Gasteiger charge is 2.17. The van der Waals surface area contributed by atoms with E-state index in [2.05, 4.69) is 35.2 Å². The van der Waals surface area contributed by atoms with Gasteiger partial charge in [-0.25, -0.2) is 9.97 Å². The molecular formula is C18H13N7O2. The lowest BCUT2D eigenvalue weighted by Crippen LogP contribution is -2.16. The maximum absolute atomic E-state index is 12.4. The molecule has 9 heteroatoms. The molecule has 0 atom stereocenters. The van der Waals surface area contributed by atoms with Crippen molar-refractivity contribution in [3.05, 3.63) is 66.8 Å². The fourth-order valence-electron chi connectivity index (χ4n) is 2.32. The summed E-state index contributed by atoms with van der Waals surface area (Å²) in [5.74, 6) is 0.670. The molecule has 4 heterocycles. The number of rotatable bonds is 4. The second-order valence-corrected chi connectivity index (χ2v) is 5.47. The van der Waals surface area contributed by atoms with Crippen LogP contribution in [-0.4, -0.2) is 35.8 Å². The number of pyridine rings is 2. The zero-order chi connectivity index (χ0) is 18.6. The number of aromatic nitrogens is 6. The monoisotopic (exact) mass is 359 g/mol.